The summed E-state index contributed by atoms with van der Waals surface area (Å²) in [5.74, 6) is 0.874. The van der Waals surface area contributed by atoms with Gasteiger partial charge in [-0.1, -0.05) is 42.5 Å². The Labute approximate surface area is 205 Å². The van der Waals surface area contributed by atoms with E-state index in [-0.39, 0.29) is 28.7 Å². The molecule has 0 aliphatic heterocycles. The van der Waals surface area contributed by atoms with E-state index in [1.165, 1.54) is 28.9 Å². The first-order chi connectivity index (χ1) is 14.7. The molecule has 8 heteroatoms. The van der Waals surface area contributed by atoms with Gasteiger partial charge in [0, 0.05) is 22.7 Å². The van der Waals surface area contributed by atoms with Gasteiger partial charge >= 0.3 is 0 Å². The first-order valence-electron chi connectivity index (χ1n) is 10.4. The number of aromatic nitrogens is 3. The van der Waals surface area contributed by atoms with Gasteiger partial charge in [-0.3, -0.25) is 0 Å². The number of hydrogen-bond acceptors (Lipinski definition) is 4. The maximum atomic E-state index is 4.81. The Kier molecular flexibility index (Phi) is 8.77. The van der Waals surface area contributed by atoms with Crippen LogP contribution in [0.2, 0.25) is 0 Å². The number of rotatable bonds is 9. The molecule has 2 aromatic carbocycles. The van der Waals surface area contributed by atoms with Gasteiger partial charge in [-0.25, -0.2) is 14.7 Å². The van der Waals surface area contributed by atoms with Crippen LogP contribution in [0.15, 0.2) is 77.1 Å². The zero-order chi connectivity index (χ0) is 20.7. The van der Waals surface area contributed by atoms with Crippen molar-refractivity contribution in [1.29, 1.82) is 0 Å². The molecule has 3 aromatic rings. The maximum absolute atomic E-state index is 4.81. The van der Waals surface area contributed by atoms with Crippen molar-refractivity contribution in [3.63, 3.8) is 0 Å². The normalized spacial score (nSPS) is 14.5. The smallest absolute Gasteiger partial charge is 0.191 e. The van der Waals surface area contributed by atoms with Crippen LogP contribution in [0.5, 0.6) is 0 Å². The lowest BCUT2D eigenvalue weighted by molar-refractivity contribution is 0.684. The molecule has 2 N–H and O–H groups in total. The minimum absolute atomic E-state index is 0. The molecular weight excluding hydrogens is 519 g/mol. The number of aliphatic imine (C=N–C) groups is 1. The maximum Gasteiger partial charge on any atom is 0.191 e. The van der Waals surface area contributed by atoms with Crippen LogP contribution in [-0.4, -0.2) is 38.6 Å². The Morgan fingerprint density at radius 1 is 1.10 bits per heavy atom. The number of nitrogens with one attached hydrogen (secondary N) is 2. The summed E-state index contributed by atoms with van der Waals surface area (Å²) in [6, 6.07) is 19.1. The fourth-order valence-corrected chi connectivity index (χ4v) is 4.52. The van der Waals surface area contributed by atoms with Crippen LogP contribution < -0.4 is 10.6 Å². The fourth-order valence-electron chi connectivity index (χ4n) is 3.28. The number of thioether (sulfide) groups is 1. The SMILES string of the molecule is CCNC(=NCc1cccc(Cn2cncn2)c1)NCC1(Sc2ccccc2)CC1.I. The molecule has 0 saturated heterocycles. The van der Waals surface area contributed by atoms with Gasteiger partial charge in [0.2, 0.25) is 0 Å². The molecule has 0 radical (unpaired) electrons. The molecule has 164 valence electrons. The van der Waals surface area contributed by atoms with Crippen molar-refractivity contribution >= 4 is 41.7 Å². The quantitative estimate of drug-likeness (QED) is 0.237. The lowest BCUT2D eigenvalue weighted by atomic mass is 10.1. The second-order valence-corrected chi connectivity index (χ2v) is 9.10. The van der Waals surface area contributed by atoms with Gasteiger partial charge in [0.1, 0.15) is 12.7 Å². The van der Waals surface area contributed by atoms with E-state index < -0.39 is 0 Å². The van der Waals surface area contributed by atoms with Crippen molar-refractivity contribution in [1.82, 2.24) is 25.4 Å². The Bertz CT molecular complexity index is 957. The van der Waals surface area contributed by atoms with E-state index >= 15 is 0 Å². The Hall–Kier alpha value is -2.07. The van der Waals surface area contributed by atoms with Crippen LogP contribution in [0, 0.1) is 0 Å². The van der Waals surface area contributed by atoms with Gasteiger partial charge in [-0.2, -0.15) is 5.10 Å². The van der Waals surface area contributed by atoms with Crippen molar-refractivity contribution in [2.24, 2.45) is 4.99 Å². The second-order valence-electron chi connectivity index (χ2n) is 7.56. The lowest BCUT2D eigenvalue weighted by Gasteiger charge is -2.18. The van der Waals surface area contributed by atoms with Gasteiger partial charge in [0.25, 0.3) is 0 Å². The van der Waals surface area contributed by atoms with E-state index in [4.69, 9.17) is 4.99 Å². The molecule has 1 heterocycles. The van der Waals surface area contributed by atoms with Crippen LogP contribution in [0.3, 0.4) is 0 Å². The first-order valence-corrected chi connectivity index (χ1v) is 11.2. The molecule has 1 aliphatic carbocycles. The van der Waals surface area contributed by atoms with Gasteiger partial charge in [0.05, 0.1) is 13.1 Å². The summed E-state index contributed by atoms with van der Waals surface area (Å²) in [7, 11) is 0. The molecule has 1 fully saturated rings. The van der Waals surface area contributed by atoms with Crippen LogP contribution in [-0.2, 0) is 13.1 Å². The second kappa shape index (κ2) is 11.5. The zero-order valence-electron chi connectivity index (χ0n) is 17.7. The molecule has 4 rings (SSSR count). The lowest BCUT2D eigenvalue weighted by Crippen LogP contribution is -2.41. The molecule has 1 aliphatic rings. The Morgan fingerprint density at radius 2 is 1.90 bits per heavy atom. The Balaban J connectivity index is 0.00000272. The van der Waals surface area contributed by atoms with Gasteiger partial charge in [-0.05, 0) is 43.0 Å². The van der Waals surface area contributed by atoms with Crippen LogP contribution in [0.4, 0.5) is 0 Å². The molecule has 1 saturated carbocycles. The van der Waals surface area contributed by atoms with Crippen molar-refractivity contribution < 1.29 is 0 Å². The molecule has 0 atom stereocenters. The predicted molar refractivity (Wildman–Crippen MR) is 138 cm³/mol. The molecular formula is C23H29IN6S. The Morgan fingerprint density at radius 3 is 2.61 bits per heavy atom. The molecule has 6 nitrogen and oxygen atoms in total. The van der Waals surface area contributed by atoms with Gasteiger partial charge in [0.15, 0.2) is 5.96 Å². The highest BCUT2D eigenvalue weighted by Crippen LogP contribution is 2.51. The van der Waals surface area contributed by atoms with Crippen molar-refractivity contribution in [2.75, 3.05) is 13.1 Å². The van der Waals surface area contributed by atoms with E-state index in [2.05, 4.69) is 82.2 Å². The van der Waals surface area contributed by atoms with E-state index in [0.29, 0.717) is 6.54 Å². The van der Waals surface area contributed by atoms with E-state index in [1.54, 1.807) is 12.7 Å². The zero-order valence-corrected chi connectivity index (χ0v) is 20.8. The molecule has 0 amide bonds. The summed E-state index contributed by atoms with van der Waals surface area (Å²) >= 11 is 1.98. The summed E-state index contributed by atoms with van der Waals surface area (Å²) in [6.45, 7) is 5.22. The number of nitrogens with zero attached hydrogens (tertiary/aromatic N) is 4. The number of halogens is 1. The highest BCUT2D eigenvalue weighted by atomic mass is 127. The van der Waals surface area contributed by atoms with Crippen molar-refractivity contribution in [2.45, 2.75) is 42.5 Å². The number of benzene rings is 2. The summed E-state index contributed by atoms with van der Waals surface area (Å²) < 4.78 is 2.11. The minimum Gasteiger partial charge on any atom is -0.357 e. The van der Waals surface area contributed by atoms with Crippen LogP contribution in [0.1, 0.15) is 30.9 Å². The summed E-state index contributed by atoms with van der Waals surface area (Å²) in [5, 5.41) is 11.1. The molecule has 1 aromatic heterocycles. The van der Waals surface area contributed by atoms with Crippen LogP contribution >= 0.6 is 35.7 Å². The topological polar surface area (TPSA) is 67.1 Å². The van der Waals surface area contributed by atoms with Crippen LogP contribution in [0.25, 0.3) is 0 Å². The van der Waals surface area contributed by atoms with Crippen molar-refractivity contribution in [3.05, 3.63) is 78.4 Å². The third-order valence-corrected chi connectivity index (χ3v) is 6.52. The monoisotopic (exact) mass is 548 g/mol. The molecule has 0 unspecified atom stereocenters. The minimum atomic E-state index is 0. The average molecular weight is 548 g/mol. The molecule has 0 spiro atoms. The van der Waals surface area contributed by atoms with E-state index in [9.17, 15) is 0 Å². The fraction of sp³-hybridized carbons (Fsp3) is 0.348. The summed E-state index contributed by atoms with van der Waals surface area (Å²) in [5.41, 5.74) is 2.38. The standard InChI is InChI=1S/C23H28N6S.HI/c1-2-25-22(27-16-23(11-12-23)30-21-9-4-3-5-10-21)26-14-19-7-6-8-20(13-19)15-29-18-24-17-28-29;/h3-10,13,17-18H,2,11-12,14-16H2,1H3,(H2,25,26,27);1H. The molecule has 0 bridgehead atoms. The average Bonchev–Trinajstić information content (AvgIpc) is 3.33. The van der Waals surface area contributed by atoms with Crippen molar-refractivity contribution in [3.8, 4) is 0 Å². The molecule has 31 heavy (non-hydrogen) atoms. The predicted octanol–water partition coefficient (Wildman–Crippen LogP) is 4.32. The summed E-state index contributed by atoms with van der Waals surface area (Å²) in [6.07, 6.45) is 5.77. The van der Waals surface area contributed by atoms with E-state index in [0.717, 1.165) is 25.6 Å². The number of guanidine groups is 1. The number of hydrogen-bond donors (Lipinski definition) is 2. The van der Waals surface area contributed by atoms with Gasteiger partial charge < -0.3 is 10.6 Å². The summed E-state index contributed by atoms with van der Waals surface area (Å²) in [4.78, 5) is 10.2. The van der Waals surface area contributed by atoms with Gasteiger partial charge in [-0.15, -0.1) is 35.7 Å². The third kappa shape index (κ3) is 7.24. The highest BCUT2D eigenvalue weighted by molar-refractivity contribution is 14.0. The highest BCUT2D eigenvalue weighted by Gasteiger charge is 2.43. The van der Waals surface area contributed by atoms with E-state index in [1.807, 2.05) is 16.4 Å². The first kappa shape index (κ1) is 23.6. The third-order valence-electron chi connectivity index (χ3n) is 5.03. The largest absolute Gasteiger partial charge is 0.357 e.